The third-order valence-corrected chi connectivity index (χ3v) is 3.58. The first-order chi connectivity index (χ1) is 9.85. The zero-order valence-electron chi connectivity index (χ0n) is 11.6. The lowest BCUT2D eigenvalue weighted by molar-refractivity contribution is 0.260. The Morgan fingerprint density at radius 1 is 1.45 bits per heavy atom. The highest BCUT2D eigenvalue weighted by molar-refractivity contribution is 5.46. The van der Waals surface area contributed by atoms with E-state index in [0.717, 1.165) is 37.8 Å². The smallest absolute Gasteiger partial charge is 0.241 e. The van der Waals surface area contributed by atoms with E-state index in [1.165, 1.54) is 6.42 Å². The molecule has 1 atom stereocenters. The highest BCUT2D eigenvalue weighted by atomic mass is 16.5. The van der Waals surface area contributed by atoms with Crippen molar-refractivity contribution in [3.05, 3.63) is 30.3 Å². The van der Waals surface area contributed by atoms with Gasteiger partial charge in [0.1, 0.15) is 5.69 Å². The second kappa shape index (κ2) is 6.11. The van der Waals surface area contributed by atoms with E-state index in [9.17, 15) is 0 Å². The van der Waals surface area contributed by atoms with Crippen molar-refractivity contribution < 1.29 is 4.52 Å². The molecule has 6 heteroatoms. The first-order valence-corrected chi connectivity index (χ1v) is 6.96. The molecule has 2 aromatic heterocycles. The summed E-state index contributed by atoms with van der Waals surface area (Å²) in [6.07, 6.45) is 2.95. The number of rotatable bonds is 5. The number of pyridine rings is 1. The summed E-state index contributed by atoms with van der Waals surface area (Å²) in [5.74, 6) is 1.94. The molecular formula is C14H19N5O. The fourth-order valence-corrected chi connectivity index (χ4v) is 2.62. The Labute approximate surface area is 118 Å². The summed E-state index contributed by atoms with van der Waals surface area (Å²) in [6, 6.07) is 5.67. The van der Waals surface area contributed by atoms with Crippen LogP contribution in [0.15, 0.2) is 28.9 Å². The number of aromatic nitrogens is 3. The van der Waals surface area contributed by atoms with Crippen LogP contribution in [0.2, 0.25) is 0 Å². The van der Waals surface area contributed by atoms with Gasteiger partial charge >= 0.3 is 0 Å². The fourth-order valence-electron chi connectivity index (χ4n) is 2.62. The third kappa shape index (κ3) is 3.02. The van der Waals surface area contributed by atoms with E-state index in [0.29, 0.717) is 11.7 Å². The van der Waals surface area contributed by atoms with Crippen LogP contribution in [-0.2, 0) is 6.54 Å². The van der Waals surface area contributed by atoms with Crippen molar-refractivity contribution in [2.24, 2.45) is 5.92 Å². The maximum Gasteiger partial charge on any atom is 0.241 e. The number of likely N-dealkylation sites (tertiary alicyclic amines) is 1. The average molecular weight is 273 g/mol. The van der Waals surface area contributed by atoms with Crippen LogP contribution in [0.4, 0.5) is 0 Å². The molecule has 0 aromatic carbocycles. The van der Waals surface area contributed by atoms with Crippen molar-refractivity contribution in [2.75, 3.05) is 26.7 Å². The molecule has 0 bridgehead atoms. The zero-order valence-corrected chi connectivity index (χ0v) is 11.6. The summed E-state index contributed by atoms with van der Waals surface area (Å²) in [5.41, 5.74) is 0.747. The van der Waals surface area contributed by atoms with Crippen molar-refractivity contribution in [3.8, 4) is 11.5 Å². The van der Waals surface area contributed by atoms with Crippen LogP contribution in [0.3, 0.4) is 0 Å². The van der Waals surface area contributed by atoms with Gasteiger partial charge in [0.25, 0.3) is 0 Å². The molecule has 6 nitrogen and oxygen atoms in total. The van der Waals surface area contributed by atoms with E-state index in [1.54, 1.807) is 6.20 Å². The maximum absolute atomic E-state index is 5.32. The lowest BCUT2D eigenvalue weighted by Gasteiger charge is -2.12. The van der Waals surface area contributed by atoms with Gasteiger partial charge in [-0.05, 0) is 44.6 Å². The Hall–Kier alpha value is -1.79. The molecule has 0 radical (unpaired) electrons. The van der Waals surface area contributed by atoms with E-state index in [4.69, 9.17) is 4.52 Å². The quantitative estimate of drug-likeness (QED) is 0.882. The first-order valence-electron chi connectivity index (χ1n) is 6.96. The molecule has 3 rings (SSSR count). The second-order valence-electron chi connectivity index (χ2n) is 5.17. The lowest BCUT2D eigenvalue weighted by atomic mass is 10.1. The predicted octanol–water partition coefficient (Wildman–Crippen LogP) is 1.17. The zero-order chi connectivity index (χ0) is 13.8. The molecule has 2 aromatic rings. The standard InChI is InChI=1S/C14H19N5O/c1-15-8-11-5-7-19(9-11)10-13-17-14(18-20-13)12-4-2-3-6-16-12/h2-4,6,11,15H,5,7-10H2,1H3. The van der Waals surface area contributed by atoms with E-state index in [2.05, 4.69) is 25.3 Å². The summed E-state index contributed by atoms with van der Waals surface area (Å²) >= 11 is 0. The van der Waals surface area contributed by atoms with Crippen LogP contribution in [0.5, 0.6) is 0 Å². The molecule has 0 saturated carbocycles. The summed E-state index contributed by atoms with van der Waals surface area (Å²) < 4.78 is 5.32. The van der Waals surface area contributed by atoms with E-state index >= 15 is 0 Å². The number of hydrogen-bond donors (Lipinski definition) is 1. The molecular weight excluding hydrogens is 254 g/mol. The molecule has 1 unspecified atom stereocenters. The molecule has 1 fully saturated rings. The Kier molecular flexibility index (Phi) is 4.03. The van der Waals surface area contributed by atoms with Gasteiger partial charge in [0.15, 0.2) is 0 Å². The molecule has 20 heavy (non-hydrogen) atoms. The van der Waals surface area contributed by atoms with Gasteiger partial charge in [0.05, 0.1) is 6.54 Å². The third-order valence-electron chi connectivity index (χ3n) is 3.58. The van der Waals surface area contributed by atoms with E-state index < -0.39 is 0 Å². The minimum Gasteiger partial charge on any atom is -0.337 e. The number of nitrogens with one attached hydrogen (secondary N) is 1. The van der Waals surface area contributed by atoms with Crippen molar-refractivity contribution in [2.45, 2.75) is 13.0 Å². The summed E-state index contributed by atoms with van der Waals surface area (Å²) in [6.45, 7) is 3.97. The van der Waals surface area contributed by atoms with Gasteiger partial charge in [-0.15, -0.1) is 0 Å². The molecule has 0 spiro atoms. The molecule has 0 aliphatic carbocycles. The normalized spacial score (nSPS) is 19.6. The maximum atomic E-state index is 5.32. The van der Waals surface area contributed by atoms with Crippen LogP contribution in [0.1, 0.15) is 12.3 Å². The lowest BCUT2D eigenvalue weighted by Crippen LogP contribution is -2.24. The minimum atomic E-state index is 0.562. The van der Waals surface area contributed by atoms with Gasteiger partial charge in [0.2, 0.25) is 11.7 Å². The fraction of sp³-hybridized carbons (Fsp3) is 0.500. The van der Waals surface area contributed by atoms with Crippen molar-refractivity contribution in [1.82, 2.24) is 25.3 Å². The van der Waals surface area contributed by atoms with E-state index in [-0.39, 0.29) is 0 Å². The average Bonchev–Trinajstić information content (AvgIpc) is 3.11. The Morgan fingerprint density at radius 3 is 3.20 bits per heavy atom. The van der Waals surface area contributed by atoms with Crippen LogP contribution < -0.4 is 5.32 Å². The molecule has 106 valence electrons. The molecule has 3 heterocycles. The van der Waals surface area contributed by atoms with Crippen LogP contribution in [-0.4, -0.2) is 46.7 Å². The highest BCUT2D eigenvalue weighted by Crippen LogP contribution is 2.18. The molecule has 1 aliphatic heterocycles. The molecule has 1 saturated heterocycles. The second-order valence-corrected chi connectivity index (χ2v) is 5.17. The monoisotopic (exact) mass is 273 g/mol. The highest BCUT2D eigenvalue weighted by Gasteiger charge is 2.23. The van der Waals surface area contributed by atoms with Gasteiger partial charge in [-0.3, -0.25) is 9.88 Å². The Bertz CT molecular complexity index is 542. The largest absolute Gasteiger partial charge is 0.337 e. The number of hydrogen-bond acceptors (Lipinski definition) is 6. The summed E-state index contributed by atoms with van der Waals surface area (Å²) in [4.78, 5) is 11.0. The first kappa shape index (κ1) is 13.2. The molecule has 1 aliphatic rings. The summed E-state index contributed by atoms with van der Waals surface area (Å²) in [5, 5.41) is 7.23. The van der Waals surface area contributed by atoms with Crippen LogP contribution >= 0.6 is 0 Å². The van der Waals surface area contributed by atoms with Crippen LogP contribution in [0.25, 0.3) is 11.5 Å². The SMILES string of the molecule is CNCC1CCN(Cc2nc(-c3ccccn3)no2)C1. The van der Waals surface area contributed by atoms with Gasteiger partial charge in [-0.25, -0.2) is 0 Å². The summed E-state index contributed by atoms with van der Waals surface area (Å²) in [7, 11) is 2.00. The van der Waals surface area contributed by atoms with Gasteiger partial charge < -0.3 is 9.84 Å². The Balaban J connectivity index is 1.61. The van der Waals surface area contributed by atoms with Crippen LogP contribution in [0, 0.1) is 5.92 Å². The van der Waals surface area contributed by atoms with Gasteiger partial charge in [-0.2, -0.15) is 4.98 Å². The minimum absolute atomic E-state index is 0.562. The topological polar surface area (TPSA) is 67.1 Å². The van der Waals surface area contributed by atoms with Gasteiger partial charge in [0, 0.05) is 12.7 Å². The van der Waals surface area contributed by atoms with Crippen molar-refractivity contribution in [1.29, 1.82) is 0 Å². The van der Waals surface area contributed by atoms with E-state index in [1.807, 2.05) is 25.2 Å². The molecule has 0 amide bonds. The van der Waals surface area contributed by atoms with Gasteiger partial charge in [-0.1, -0.05) is 11.2 Å². The number of nitrogens with zero attached hydrogens (tertiary/aromatic N) is 4. The molecule has 1 N–H and O–H groups in total. The Morgan fingerprint density at radius 2 is 2.40 bits per heavy atom. The van der Waals surface area contributed by atoms with Crippen molar-refractivity contribution in [3.63, 3.8) is 0 Å². The predicted molar refractivity (Wildman–Crippen MR) is 74.8 cm³/mol. The van der Waals surface area contributed by atoms with Crippen molar-refractivity contribution >= 4 is 0 Å².